The van der Waals surface area contributed by atoms with Gasteiger partial charge in [0.15, 0.2) is 11.5 Å². The van der Waals surface area contributed by atoms with Gasteiger partial charge in [-0.15, -0.1) is 0 Å². The van der Waals surface area contributed by atoms with Crippen LogP contribution in [0.5, 0.6) is 17.2 Å². The van der Waals surface area contributed by atoms with Crippen molar-refractivity contribution in [3.8, 4) is 17.2 Å². The van der Waals surface area contributed by atoms with Crippen molar-refractivity contribution >= 4 is 40.3 Å². The van der Waals surface area contributed by atoms with Crippen molar-refractivity contribution in [1.82, 2.24) is 4.90 Å². The predicted octanol–water partition coefficient (Wildman–Crippen LogP) is 4.99. The lowest BCUT2D eigenvalue weighted by atomic mass is 10.1. The summed E-state index contributed by atoms with van der Waals surface area (Å²) in [7, 11) is 1.59. The van der Waals surface area contributed by atoms with Crippen LogP contribution in [0.3, 0.4) is 0 Å². The summed E-state index contributed by atoms with van der Waals surface area (Å²) in [5, 5.41) is 0. The summed E-state index contributed by atoms with van der Waals surface area (Å²) in [5.41, 5.74) is 2.99. The van der Waals surface area contributed by atoms with Crippen LogP contribution < -0.4 is 14.2 Å². The number of thiocarbonyl (C=S) groups is 1. The van der Waals surface area contributed by atoms with E-state index in [1.807, 2.05) is 51.1 Å². The van der Waals surface area contributed by atoms with Crippen molar-refractivity contribution in [2.75, 3.05) is 26.9 Å². The molecular weight excluding hydrogens is 418 g/mol. The number of benzene rings is 2. The van der Waals surface area contributed by atoms with E-state index in [4.69, 9.17) is 26.4 Å². The van der Waals surface area contributed by atoms with E-state index in [2.05, 4.69) is 6.07 Å². The number of carbonyl (C=O) groups excluding carboxylic acids is 1. The SMILES string of the molecule is CCN1C(=O)/C(=C/c2cccc(OC)c2OCCOc2cc(C)ccc2C)SC1=S. The Hall–Kier alpha value is -2.51. The maximum atomic E-state index is 12.6. The Labute approximate surface area is 187 Å². The number of thioether (sulfide) groups is 1. The molecule has 1 aliphatic rings. The first-order valence-electron chi connectivity index (χ1n) is 9.69. The molecule has 0 radical (unpaired) electrons. The minimum atomic E-state index is -0.0838. The van der Waals surface area contributed by atoms with Crippen LogP contribution in [0.1, 0.15) is 23.6 Å². The van der Waals surface area contributed by atoms with E-state index in [1.165, 1.54) is 11.8 Å². The molecule has 0 atom stereocenters. The van der Waals surface area contributed by atoms with Gasteiger partial charge in [0, 0.05) is 12.1 Å². The van der Waals surface area contributed by atoms with E-state index >= 15 is 0 Å². The third-order valence-corrected chi connectivity index (χ3v) is 6.01. The summed E-state index contributed by atoms with van der Waals surface area (Å²) in [5.74, 6) is 1.94. The number of para-hydroxylation sites is 1. The van der Waals surface area contributed by atoms with Crippen molar-refractivity contribution < 1.29 is 19.0 Å². The Balaban J connectivity index is 1.75. The second-order valence-corrected chi connectivity index (χ2v) is 8.45. The van der Waals surface area contributed by atoms with E-state index in [0.29, 0.717) is 40.5 Å². The zero-order valence-corrected chi connectivity index (χ0v) is 19.2. The molecule has 1 aliphatic heterocycles. The third-order valence-electron chi connectivity index (χ3n) is 4.64. The summed E-state index contributed by atoms with van der Waals surface area (Å²) >= 11 is 6.60. The Kier molecular flexibility index (Phi) is 7.39. The number of nitrogens with zero attached hydrogens (tertiary/aromatic N) is 1. The highest BCUT2D eigenvalue weighted by atomic mass is 32.2. The smallest absolute Gasteiger partial charge is 0.266 e. The number of rotatable bonds is 8. The van der Waals surface area contributed by atoms with Crippen molar-refractivity contribution in [1.29, 1.82) is 0 Å². The highest BCUT2D eigenvalue weighted by Gasteiger charge is 2.31. The van der Waals surface area contributed by atoms with Gasteiger partial charge in [-0.05, 0) is 50.1 Å². The van der Waals surface area contributed by atoms with Crippen molar-refractivity contribution in [2.45, 2.75) is 20.8 Å². The normalized spacial score (nSPS) is 15.1. The molecule has 0 aromatic heterocycles. The van der Waals surface area contributed by atoms with Crippen molar-refractivity contribution in [3.05, 3.63) is 58.0 Å². The van der Waals surface area contributed by atoms with Gasteiger partial charge in [-0.25, -0.2) is 0 Å². The molecule has 7 heteroatoms. The molecule has 0 saturated carbocycles. The molecular formula is C23H25NO4S2. The Morgan fingerprint density at radius 2 is 1.87 bits per heavy atom. The molecule has 0 bridgehead atoms. The second-order valence-electron chi connectivity index (χ2n) is 6.77. The molecule has 1 amide bonds. The van der Waals surface area contributed by atoms with Crippen LogP contribution in [0.15, 0.2) is 41.3 Å². The van der Waals surface area contributed by atoms with E-state index in [-0.39, 0.29) is 5.91 Å². The summed E-state index contributed by atoms with van der Waals surface area (Å²) in [6.45, 7) is 7.23. The van der Waals surface area contributed by atoms with E-state index in [9.17, 15) is 4.79 Å². The minimum Gasteiger partial charge on any atom is -0.493 e. The number of amides is 1. The number of aryl methyl sites for hydroxylation is 2. The molecule has 158 valence electrons. The standard InChI is InChI=1S/C23H25NO4S2/c1-5-24-22(25)20(30-23(24)29)14-17-7-6-8-18(26-4)21(17)28-12-11-27-19-13-15(2)9-10-16(19)3/h6-10,13-14H,5,11-12H2,1-4H3/b20-14-. The van der Waals surface area contributed by atoms with Crippen LogP contribution >= 0.6 is 24.0 Å². The number of hydrogen-bond acceptors (Lipinski definition) is 6. The van der Waals surface area contributed by atoms with E-state index in [1.54, 1.807) is 18.1 Å². The van der Waals surface area contributed by atoms with Crippen LogP contribution in [-0.4, -0.2) is 42.0 Å². The molecule has 5 nitrogen and oxygen atoms in total. The monoisotopic (exact) mass is 443 g/mol. The maximum Gasteiger partial charge on any atom is 0.266 e. The van der Waals surface area contributed by atoms with Gasteiger partial charge in [-0.1, -0.05) is 48.2 Å². The minimum absolute atomic E-state index is 0.0838. The molecule has 1 fully saturated rings. The molecule has 0 spiro atoms. The van der Waals surface area contributed by atoms with Crippen LogP contribution in [-0.2, 0) is 4.79 Å². The molecule has 0 aliphatic carbocycles. The quantitative estimate of drug-likeness (QED) is 0.325. The first kappa shape index (κ1) is 22.2. The zero-order chi connectivity index (χ0) is 21.7. The van der Waals surface area contributed by atoms with E-state index in [0.717, 1.165) is 22.4 Å². The number of carbonyl (C=O) groups is 1. The van der Waals surface area contributed by atoms with Crippen LogP contribution in [0.2, 0.25) is 0 Å². The first-order valence-corrected chi connectivity index (χ1v) is 10.9. The van der Waals surface area contributed by atoms with Crippen LogP contribution in [0, 0.1) is 13.8 Å². The zero-order valence-electron chi connectivity index (χ0n) is 17.6. The average Bonchev–Trinajstić information content (AvgIpc) is 3.00. The fraction of sp³-hybridized carbons (Fsp3) is 0.304. The van der Waals surface area contributed by atoms with Crippen LogP contribution in [0.25, 0.3) is 6.08 Å². The van der Waals surface area contributed by atoms with Gasteiger partial charge in [-0.3, -0.25) is 9.69 Å². The van der Waals surface area contributed by atoms with Crippen molar-refractivity contribution in [2.24, 2.45) is 0 Å². The molecule has 1 saturated heterocycles. The number of ether oxygens (including phenoxy) is 3. The highest BCUT2D eigenvalue weighted by molar-refractivity contribution is 8.26. The van der Waals surface area contributed by atoms with Gasteiger partial charge in [0.25, 0.3) is 5.91 Å². The summed E-state index contributed by atoms with van der Waals surface area (Å²) in [6.07, 6.45) is 1.80. The fourth-order valence-corrected chi connectivity index (χ4v) is 4.41. The lowest BCUT2D eigenvalue weighted by Gasteiger charge is -2.15. The van der Waals surface area contributed by atoms with Gasteiger partial charge in [0.1, 0.15) is 23.3 Å². The topological polar surface area (TPSA) is 48.0 Å². The lowest BCUT2D eigenvalue weighted by molar-refractivity contribution is -0.121. The fourth-order valence-electron chi connectivity index (χ4n) is 3.03. The van der Waals surface area contributed by atoms with Crippen molar-refractivity contribution in [3.63, 3.8) is 0 Å². The summed E-state index contributed by atoms with van der Waals surface area (Å²) in [4.78, 5) is 14.7. The molecule has 30 heavy (non-hydrogen) atoms. The molecule has 3 rings (SSSR count). The summed E-state index contributed by atoms with van der Waals surface area (Å²) < 4.78 is 17.9. The number of methoxy groups -OCH3 is 1. The molecule has 0 unspecified atom stereocenters. The third kappa shape index (κ3) is 4.96. The maximum absolute atomic E-state index is 12.6. The molecule has 1 heterocycles. The van der Waals surface area contributed by atoms with Gasteiger partial charge in [-0.2, -0.15) is 0 Å². The van der Waals surface area contributed by atoms with Gasteiger partial charge >= 0.3 is 0 Å². The first-order chi connectivity index (χ1) is 14.4. The summed E-state index contributed by atoms with van der Waals surface area (Å²) in [6, 6.07) is 11.7. The number of hydrogen-bond donors (Lipinski definition) is 0. The molecule has 0 N–H and O–H groups in total. The average molecular weight is 444 g/mol. The van der Waals surface area contributed by atoms with Crippen LogP contribution in [0.4, 0.5) is 0 Å². The largest absolute Gasteiger partial charge is 0.493 e. The Bertz CT molecular complexity index is 987. The van der Waals surface area contributed by atoms with Gasteiger partial charge in [0.05, 0.1) is 12.0 Å². The van der Waals surface area contributed by atoms with Gasteiger partial charge in [0.2, 0.25) is 0 Å². The number of likely N-dealkylation sites (N-methyl/N-ethyl adjacent to an activating group) is 1. The van der Waals surface area contributed by atoms with E-state index < -0.39 is 0 Å². The Morgan fingerprint density at radius 1 is 1.10 bits per heavy atom. The predicted molar refractivity (Wildman–Crippen MR) is 125 cm³/mol. The highest BCUT2D eigenvalue weighted by Crippen LogP contribution is 2.37. The molecule has 2 aromatic carbocycles. The Morgan fingerprint density at radius 3 is 2.57 bits per heavy atom. The molecule has 2 aromatic rings. The lowest BCUT2D eigenvalue weighted by Crippen LogP contribution is -2.27. The second kappa shape index (κ2) is 10.00. The van der Waals surface area contributed by atoms with Gasteiger partial charge < -0.3 is 14.2 Å².